The average molecular weight is 1310 g/mol. The zero-order chi connectivity index (χ0) is 62.1. The van der Waals surface area contributed by atoms with Crippen LogP contribution >= 0.6 is 0 Å². The summed E-state index contributed by atoms with van der Waals surface area (Å²) in [6, 6.07) is 0. The van der Waals surface area contributed by atoms with Gasteiger partial charge in [-0.2, -0.15) is 130 Å². The smallest absolute Gasteiger partial charge is 0.852 e. The van der Waals surface area contributed by atoms with Crippen molar-refractivity contribution in [2.45, 2.75) is 147 Å². The first kappa shape index (κ1) is 88.3. The molecular weight excluding hydrogens is 1270 g/mol. The molecule has 3 fully saturated rings. The van der Waals surface area contributed by atoms with Crippen LogP contribution in [0.4, 0.5) is 79.0 Å². The summed E-state index contributed by atoms with van der Waals surface area (Å²) in [5, 5.41) is 32.5. The summed E-state index contributed by atoms with van der Waals surface area (Å²) < 4.78 is 360. The Labute approximate surface area is 431 Å². The van der Waals surface area contributed by atoms with Crippen molar-refractivity contribution in [3.8, 4) is 0 Å². The molecule has 0 heterocycles. The van der Waals surface area contributed by atoms with E-state index in [0.29, 0.717) is 0 Å². The van der Waals surface area contributed by atoms with Crippen LogP contribution in [0.2, 0.25) is 0 Å². The van der Waals surface area contributed by atoms with Crippen molar-refractivity contribution in [2.24, 2.45) is 0 Å². The van der Waals surface area contributed by atoms with Crippen molar-refractivity contribution in [3.63, 3.8) is 0 Å². The minimum Gasteiger partial charge on any atom is -0.852 e. The van der Waals surface area contributed by atoms with E-state index in [1.165, 1.54) is 0 Å². The third kappa shape index (κ3) is 47.3. The minimum atomic E-state index is -5.84. The number of alkyl halides is 18. The third-order valence-electron chi connectivity index (χ3n) is 7.49. The quantitative estimate of drug-likeness (QED) is 0.102. The first-order chi connectivity index (χ1) is 32.5. The van der Waals surface area contributed by atoms with E-state index in [9.17, 15) is 94.3 Å². The second-order valence-corrected chi connectivity index (χ2v) is 21.9. The van der Waals surface area contributed by atoms with Gasteiger partial charge in [-0.3, -0.25) is 27.3 Å². The van der Waals surface area contributed by atoms with E-state index in [0.717, 1.165) is 77.0 Å². The van der Waals surface area contributed by atoms with Gasteiger partial charge in [-0.25, -0.2) is 0 Å². The molecule has 0 spiro atoms. The normalized spacial score (nSPS) is 21.9. The number of rotatable bonds is 3. The SMILES string of the molecule is COC1CCCC([O-])C1.COC1CCCC([O-])C1.COC1CCCC([O-])C1.O=S(=O)(O)C(F)(F)F.O=S(=O)(O)C(F)(F)F.O=S(=O)(O)C(F)(F)F.O=S(=O)(O)C(F)(F)F.O=S(=O)(O)C(F)(F)F.O=S(=O)(O)C(F)(F)F.[Al+3]. The van der Waals surface area contributed by atoms with Gasteiger partial charge in [0.15, 0.2) is 0 Å². The molecule has 3 saturated carbocycles. The fourth-order valence-electron chi connectivity index (χ4n) is 3.95. The molecule has 6 unspecified atom stereocenters. The van der Waals surface area contributed by atoms with Crippen LogP contribution in [0, 0.1) is 0 Å². The molecule has 6 atom stereocenters. The Bertz CT molecular complexity index is 1880. The maximum atomic E-state index is 10.8. The summed E-state index contributed by atoms with van der Waals surface area (Å²) in [5.74, 6) is 0. The topological polar surface area (TPSA) is 423 Å². The number of halogens is 18. The summed E-state index contributed by atoms with van der Waals surface area (Å²) in [6.07, 6.45) is 10.8. The second kappa shape index (κ2) is 36.1. The molecule has 0 aliphatic heterocycles. The van der Waals surface area contributed by atoms with Crippen LogP contribution in [-0.2, 0) is 74.9 Å². The van der Waals surface area contributed by atoms with E-state index < -0.39 is 93.8 Å². The predicted molar refractivity (Wildman–Crippen MR) is 211 cm³/mol. The van der Waals surface area contributed by atoms with Gasteiger partial charge in [0.2, 0.25) is 0 Å². The molecule has 3 rings (SSSR count). The van der Waals surface area contributed by atoms with Crippen molar-refractivity contribution in [1.29, 1.82) is 0 Å². The zero-order valence-electron chi connectivity index (χ0n) is 37.8. The van der Waals surface area contributed by atoms with Crippen LogP contribution in [-0.4, -0.2) is 186 Å². The maximum absolute atomic E-state index is 10.8. The van der Waals surface area contributed by atoms with Crippen LogP contribution in [0.5, 0.6) is 0 Å². The Morgan fingerprint density at radius 2 is 0.421 bits per heavy atom. The average Bonchev–Trinajstić information content (AvgIpc) is 3.15. The standard InChI is InChI=1S/3C7H13O2.6CHF3O3S.Al/c3*1-9-7-4-2-3-6(8)5-7;6*2-1(3,4)8(5,6)7;/h3*6-7H,2-5H2,1H3;6*(H,5,6,7);/q3*-1;;;;;;;+3. The molecule has 6 N–H and O–H groups in total. The molecule has 0 aromatic carbocycles. The molecule has 3 aliphatic carbocycles. The molecule has 0 saturated heterocycles. The monoisotopic (exact) mass is 1310 g/mol. The van der Waals surface area contributed by atoms with E-state index >= 15 is 0 Å². The van der Waals surface area contributed by atoms with E-state index in [1.807, 2.05) is 0 Å². The van der Waals surface area contributed by atoms with Crippen molar-refractivity contribution in [2.75, 3.05) is 21.3 Å². The maximum Gasteiger partial charge on any atom is 3.00 e. The summed E-state index contributed by atoms with van der Waals surface area (Å²) in [7, 11) is -30.0. The van der Waals surface area contributed by atoms with Crippen molar-refractivity contribution >= 4 is 78.1 Å². The van der Waals surface area contributed by atoms with Gasteiger partial charge in [-0.15, -0.1) is 18.3 Å². The number of methoxy groups -OCH3 is 3. The summed E-state index contributed by atoms with van der Waals surface area (Å²) in [4.78, 5) is 0. The predicted octanol–water partition coefficient (Wildman–Crippen LogP) is 2.90. The molecule has 24 nitrogen and oxygen atoms in total. The number of hydrogen-bond acceptors (Lipinski definition) is 18. The summed E-state index contributed by atoms with van der Waals surface area (Å²) in [6.45, 7) is 0. The molecule has 0 radical (unpaired) electrons. The molecule has 3 aliphatic rings. The van der Waals surface area contributed by atoms with Gasteiger partial charge < -0.3 is 29.5 Å². The Kier molecular flexibility index (Phi) is 41.9. The van der Waals surface area contributed by atoms with E-state index in [4.69, 9.17) is 92.0 Å². The van der Waals surface area contributed by atoms with Gasteiger partial charge in [-0.1, -0.05) is 38.5 Å². The van der Waals surface area contributed by atoms with Crippen LogP contribution < -0.4 is 15.3 Å². The third-order valence-corrected chi connectivity index (χ3v) is 11.0. The Morgan fingerprint density at radius 3 is 0.474 bits per heavy atom. The molecule has 49 heteroatoms. The number of ether oxygens (including phenoxy) is 3. The number of hydrogen-bond donors (Lipinski definition) is 6. The van der Waals surface area contributed by atoms with Crippen LogP contribution in [0.25, 0.3) is 0 Å². The molecule has 0 aromatic heterocycles. The van der Waals surface area contributed by atoms with Gasteiger partial charge in [0.05, 0.1) is 18.3 Å². The van der Waals surface area contributed by atoms with Gasteiger partial charge in [0.1, 0.15) is 0 Å². The minimum absolute atomic E-state index is 0. The molecule has 0 bridgehead atoms. The van der Waals surface area contributed by atoms with Crippen LogP contribution in [0.15, 0.2) is 0 Å². The second-order valence-electron chi connectivity index (χ2n) is 13.5. The first-order valence-corrected chi connectivity index (χ1v) is 26.9. The van der Waals surface area contributed by atoms with E-state index in [2.05, 4.69) is 0 Å². The van der Waals surface area contributed by atoms with Gasteiger partial charge in [0, 0.05) is 21.3 Å². The molecule has 462 valence electrons. The molecule has 0 aromatic rings. The fourth-order valence-corrected chi connectivity index (χ4v) is 3.95. The Balaban J connectivity index is -0.000000141. The van der Waals surface area contributed by atoms with Gasteiger partial charge >= 0.3 is 111 Å². The van der Waals surface area contributed by atoms with Gasteiger partial charge in [0.25, 0.3) is 0 Å². The Morgan fingerprint density at radius 1 is 0.316 bits per heavy atom. The summed E-state index contributed by atoms with van der Waals surface area (Å²) >= 11 is 0. The molecule has 76 heavy (non-hydrogen) atoms. The largest absolute Gasteiger partial charge is 3.00 e. The Hall–Kier alpha value is -1.51. The molecule has 0 amide bonds. The van der Waals surface area contributed by atoms with E-state index in [1.54, 1.807) is 21.3 Å². The first-order valence-electron chi connectivity index (χ1n) is 18.3. The summed E-state index contributed by atoms with van der Waals surface area (Å²) in [5.41, 5.74) is -33.2. The van der Waals surface area contributed by atoms with Crippen LogP contribution in [0.1, 0.15) is 77.0 Å². The fraction of sp³-hybridized carbons (Fsp3) is 1.00. The molecular formula is C27H45AlF18O24S6. The van der Waals surface area contributed by atoms with Crippen molar-refractivity contribution in [1.82, 2.24) is 0 Å². The van der Waals surface area contributed by atoms with Gasteiger partial charge in [-0.05, 0) is 38.5 Å². The van der Waals surface area contributed by atoms with Crippen LogP contribution in [0.3, 0.4) is 0 Å². The zero-order valence-corrected chi connectivity index (χ0v) is 43.9. The van der Waals surface area contributed by atoms with E-state index in [-0.39, 0.29) is 54.0 Å². The van der Waals surface area contributed by atoms with Crippen molar-refractivity contribution in [3.05, 3.63) is 0 Å². The van der Waals surface area contributed by atoms with Crippen molar-refractivity contribution < 1.29 is 186 Å².